The molecule has 0 atom stereocenters. The number of rotatable bonds is 3. The third-order valence-electron chi connectivity index (χ3n) is 5.15. The van der Waals surface area contributed by atoms with Gasteiger partial charge in [-0.15, -0.1) is 15.3 Å². The fourth-order valence-corrected chi connectivity index (χ4v) is 3.56. The second-order valence-electron chi connectivity index (χ2n) is 7.05. The van der Waals surface area contributed by atoms with E-state index in [4.69, 9.17) is 0 Å². The molecule has 152 valence electrons. The van der Waals surface area contributed by atoms with Gasteiger partial charge in [0.25, 0.3) is 5.91 Å². The second kappa shape index (κ2) is 7.13. The summed E-state index contributed by atoms with van der Waals surface area (Å²) in [6.07, 6.45) is 3.03. The summed E-state index contributed by atoms with van der Waals surface area (Å²) in [7, 11) is 3.16. The highest BCUT2D eigenvalue weighted by molar-refractivity contribution is 6.13. The lowest BCUT2D eigenvalue weighted by molar-refractivity contribution is 0.0947. The fourth-order valence-electron chi connectivity index (χ4n) is 3.56. The smallest absolute Gasteiger partial charge is 0.279 e. The van der Waals surface area contributed by atoms with Gasteiger partial charge >= 0.3 is 6.03 Å². The SMILES string of the molecule is CN1C(=O)N(C)c2c(N=Nc3cccc4ccccc34)c1nn2C(=O)c1cccnc1. The molecule has 0 N–H and O–H groups in total. The van der Waals surface area contributed by atoms with Crippen molar-refractivity contribution in [3.8, 4) is 0 Å². The Balaban J connectivity index is 1.65. The van der Waals surface area contributed by atoms with Crippen molar-refractivity contribution >= 4 is 45.7 Å². The first kappa shape index (κ1) is 18.6. The van der Waals surface area contributed by atoms with Crippen molar-refractivity contribution in [3.05, 3.63) is 72.6 Å². The molecule has 0 fully saturated rings. The number of hydrogen-bond donors (Lipinski definition) is 0. The molecule has 2 amide bonds. The third-order valence-corrected chi connectivity index (χ3v) is 5.15. The average Bonchev–Trinajstić information content (AvgIpc) is 3.16. The molecule has 0 saturated carbocycles. The number of fused-ring (bicyclic) bond motifs is 3. The first-order valence-electron chi connectivity index (χ1n) is 9.55. The minimum absolute atomic E-state index is 0.260. The molecule has 3 heterocycles. The van der Waals surface area contributed by atoms with E-state index in [2.05, 4.69) is 20.3 Å². The van der Waals surface area contributed by atoms with Gasteiger partial charge in [-0.2, -0.15) is 4.68 Å². The van der Waals surface area contributed by atoms with Crippen LogP contribution in [0.2, 0.25) is 0 Å². The number of anilines is 2. The van der Waals surface area contributed by atoms with Gasteiger partial charge in [-0.3, -0.25) is 19.6 Å². The van der Waals surface area contributed by atoms with Gasteiger partial charge in [0.1, 0.15) is 0 Å². The van der Waals surface area contributed by atoms with Crippen LogP contribution in [0.5, 0.6) is 0 Å². The Morgan fingerprint density at radius 2 is 1.74 bits per heavy atom. The maximum Gasteiger partial charge on any atom is 0.330 e. The predicted octanol–water partition coefficient (Wildman–Crippen LogP) is 4.54. The first-order valence-corrected chi connectivity index (χ1v) is 9.55. The second-order valence-corrected chi connectivity index (χ2v) is 7.05. The minimum atomic E-state index is -0.411. The van der Waals surface area contributed by atoms with Gasteiger partial charge in [0, 0.05) is 31.9 Å². The zero-order valence-electron chi connectivity index (χ0n) is 16.8. The molecule has 9 heteroatoms. The largest absolute Gasteiger partial charge is 0.330 e. The van der Waals surface area contributed by atoms with Crippen LogP contribution in [0.3, 0.4) is 0 Å². The van der Waals surface area contributed by atoms with Crippen LogP contribution in [0.25, 0.3) is 10.8 Å². The quantitative estimate of drug-likeness (QED) is 0.462. The van der Waals surface area contributed by atoms with Crippen LogP contribution in [-0.2, 0) is 0 Å². The number of azo groups is 1. The van der Waals surface area contributed by atoms with Gasteiger partial charge in [-0.05, 0) is 23.6 Å². The number of pyridine rings is 1. The summed E-state index contributed by atoms with van der Waals surface area (Å²) in [6, 6.07) is 16.6. The normalized spacial score (nSPS) is 13.4. The summed E-state index contributed by atoms with van der Waals surface area (Å²) < 4.78 is 1.17. The van der Waals surface area contributed by atoms with Gasteiger partial charge in [0.15, 0.2) is 17.3 Å². The number of carbonyl (C=O) groups is 2. The van der Waals surface area contributed by atoms with Crippen LogP contribution in [0.1, 0.15) is 10.4 Å². The maximum absolute atomic E-state index is 13.1. The van der Waals surface area contributed by atoms with Gasteiger partial charge in [-0.1, -0.05) is 36.4 Å². The molecule has 0 radical (unpaired) electrons. The Bertz CT molecular complexity index is 1360. The van der Waals surface area contributed by atoms with Gasteiger partial charge in [0.05, 0.1) is 11.3 Å². The lowest BCUT2D eigenvalue weighted by Gasteiger charge is -2.26. The van der Waals surface area contributed by atoms with E-state index in [1.807, 2.05) is 42.5 Å². The Labute approximate surface area is 177 Å². The van der Waals surface area contributed by atoms with Gasteiger partial charge in [-0.25, -0.2) is 4.79 Å². The zero-order chi connectivity index (χ0) is 21.5. The highest BCUT2D eigenvalue weighted by Gasteiger charge is 2.37. The monoisotopic (exact) mass is 411 g/mol. The maximum atomic E-state index is 13.1. The Morgan fingerprint density at radius 3 is 2.55 bits per heavy atom. The highest BCUT2D eigenvalue weighted by atomic mass is 16.2. The molecule has 9 nitrogen and oxygen atoms in total. The summed E-state index contributed by atoms with van der Waals surface area (Å²) in [4.78, 5) is 32.3. The van der Waals surface area contributed by atoms with Gasteiger partial charge < -0.3 is 0 Å². The minimum Gasteiger partial charge on any atom is -0.279 e. The van der Waals surface area contributed by atoms with Crippen molar-refractivity contribution in [2.24, 2.45) is 10.2 Å². The number of amides is 2. The summed E-state index contributed by atoms with van der Waals surface area (Å²) in [5, 5.41) is 15.2. The molecule has 4 aromatic rings. The molecule has 2 bridgehead atoms. The molecule has 2 aromatic heterocycles. The van der Waals surface area contributed by atoms with E-state index in [-0.39, 0.29) is 17.7 Å². The highest BCUT2D eigenvalue weighted by Crippen LogP contribution is 2.43. The van der Waals surface area contributed by atoms with E-state index in [1.165, 1.54) is 20.7 Å². The zero-order valence-corrected chi connectivity index (χ0v) is 16.8. The van der Waals surface area contributed by atoms with E-state index < -0.39 is 5.91 Å². The number of benzene rings is 2. The van der Waals surface area contributed by atoms with E-state index in [9.17, 15) is 9.59 Å². The lowest BCUT2D eigenvalue weighted by atomic mass is 10.1. The first-order chi connectivity index (χ1) is 15.1. The van der Waals surface area contributed by atoms with E-state index in [1.54, 1.807) is 32.4 Å². The van der Waals surface area contributed by atoms with Crippen molar-refractivity contribution in [1.29, 1.82) is 0 Å². The van der Waals surface area contributed by atoms with Crippen molar-refractivity contribution < 1.29 is 9.59 Å². The van der Waals surface area contributed by atoms with Crippen LogP contribution in [-0.4, -0.2) is 40.8 Å². The van der Waals surface area contributed by atoms with E-state index in [0.717, 1.165) is 10.8 Å². The van der Waals surface area contributed by atoms with Crippen LogP contribution in [0.4, 0.5) is 27.8 Å². The summed E-state index contributed by atoms with van der Waals surface area (Å²) in [6.45, 7) is 0. The topological polar surface area (TPSA) is 96.0 Å². The van der Waals surface area contributed by atoms with Crippen LogP contribution in [0.15, 0.2) is 77.2 Å². The average molecular weight is 411 g/mol. The summed E-state index contributed by atoms with van der Waals surface area (Å²) in [5.74, 6) is 0.112. The molecule has 0 saturated heterocycles. The molecule has 0 spiro atoms. The van der Waals surface area contributed by atoms with Crippen LogP contribution < -0.4 is 9.80 Å². The van der Waals surface area contributed by atoms with Crippen molar-refractivity contribution in [2.45, 2.75) is 0 Å². The van der Waals surface area contributed by atoms with E-state index >= 15 is 0 Å². The molecule has 1 aliphatic rings. The lowest BCUT2D eigenvalue weighted by Crippen LogP contribution is -2.41. The summed E-state index contributed by atoms with van der Waals surface area (Å²) in [5.41, 5.74) is 1.37. The molecular formula is C22H17N7O2. The molecule has 0 aliphatic carbocycles. The van der Waals surface area contributed by atoms with E-state index in [0.29, 0.717) is 16.9 Å². The van der Waals surface area contributed by atoms with Crippen LogP contribution >= 0.6 is 0 Å². The standard InChI is InChI=1S/C22H17N7O2/c1-27-19-18(25-24-17-11-5-8-14-7-3-4-10-16(14)17)20(28(2)22(27)31)29(26-19)21(30)15-9-6-12-23-13-15/h3-13H,1-2H3. The van der Waals surface area contributed by atoms with Crippen LogP contribution in [0, 0.1) is 0 Å². The third kappa shape index (κ3) is 2.94. The fraction of sp³-hybridized carbons (Fsp3) is 0.0909. The Hall–Kier alpha value is -4.40. The molecule has 1 aliphatic heterocycles. The van der Waals surface area contributed by atoms with Crippen molar-refractivity contribution in [2.75, 3.05) is 23.9 Å². The number of aromatic nitrogens is 3. The predicted molar refractivity (Wildman–Crippen MR) is 117 cm³/mol. The molecule has 2 aromatic carbocycles. The number of hydrogen-bond acceptors (Lipinski definition) is 6. The Kier molecular flexibility index (Phi) is 4.28. The number of nitrogens with zero attached hydrogens (tertiary/aromatic N) is 7. The Morgan fingerprint density at radius 1 is 0.935 bits per heavy atom. The molecule has 0 unspecified atom stereocenters. The number of carbonyl (C=O) groups excluding carboxylic acids is 2. The van der Waals surface area contributed by atoms with Gasteiger partial charge in [0.2, 0.25) is 0 Å². The molecule has 31 heavy (non-hydrogen) atoms. The van der Waals surface area contributed by atoms with Crippen molar-refractivity contribution in [3.63, 3.8) is 0 Å². The van der Waals surface area contributed by atoms with Crippen molar-refractivity contribution in [1.82, 2.24) is 14.8 Å². The number of urea groups is 1. The molecular weight excluding hydrogens is 394 g/mol. The molecule has 5 rings (SSSR count). The summed E-state index contributed by atoms with van der Waals surface area (Å²) >= 11 is 0.